The quantitative estimate of drug-likeness (QED) is 0.807. The molecule has 0 aliphatic carbocycles. The summed E-state index contributed by atoms with van der Waals surface area (Å²) in [6.45, 7) is 1.83. The van der Waals surface area contributed by atoms with Crippen molar-refractivity contribution in [3.8, 4) is 0 Å². The standard InChI is InChI=1S/C13H13N3O3S/c1-8(9-2-5-14-6-3-9)15-13(19)16-11-10(12(17)18)4-7-20-11/h2-8H,1H3,(H,17,18)(H2,15,16,19)/t8-/m0/s1. The van der Waals surface area contributed by atoms with Crippen LogP contribution in [0.25, 0.3) is 0 Å². The first-order valence-electron chi connectivity index (χ1n) is 5.86. The van der Waals surface area contributed by atoms with Gasteiger partial charge in [-0.1, -0.05) is 0 Å². The zero-order chi connectivity index (χ0) is 14.5. The number of aromatic carboxylic acids is 1. The molecule has 0 radical (unpaired) electrons. The fraction of sp³-hybridized carbons (Fsp3) is 0.154. The number of nitrogens with one attached hydrogen (secondary N) is 2. The lowest BCUT2D eigenvalue weighted by atomic mass is 10.1. The highest BCUT2D eigenvalue weighted by molar-refractivity contribution is 7.14. The molecule has 0 unspecified atom stereocenters. The smallest absolute Gasteiger partial charge is 0.338 e. The van der Waals surface area contributed by atoms with Gasteiger partial charge in [0.2, 0.25) is 0 Å². The SMILES string of the molecule is C[C@H](NC(=O)Nc1sccc1C(=O)O)c1ccncc1. The molecule has 0 saturated carbocycles. The number of aromatic nitrogens is 1. The van der Waals surface area contributed by atoms with Gasteiger partial charge in [0.15, 0.2) is 0 Å². The van der Waals surface area contributed by atoms with Crippen molar-refractivity contribution in [1.82, 2.24) is 10.3 Å². The van der Waals surface area contributed by atoms with Gasteiger partial charge in [-0.3, -0.25) is 10.3 Å². The van der Waals surface area contributed by atoms with Gasteiger partial charge >= 0.3 is 12.0 Å². The first-order chi connectivity index (χ1) is 9.58. The number of nitrogens with zero attached hydrogens (tertiary/aromatic N) is 1. The van der Waals surface area contributed by atoms with Crippen LogP contribution in [0.3, 0.4) is 0 Å². The molecule has 2 aromatic rings. The molecule has 2 rings (SSSR count). The average Bonchev–Trinajstić information content (AvgIpc) is 2.87. The molecular weight excluding hydrogens is 278 g/mol. The van der Waals surface area contributed by atoms with Crippen LogP contribution in [0.2, 0.25) is 0 Å². The van der Waals surface area contributed by atoms with Gasteiger partial charge in [0.05, 0.1) is 11.6 Å². The molecular formula is C13H13N3O3S. The fourth-order valence-electron chi connectivity index (χ4n) is 1.65. The second kappa shape index (κ2) is 6.16. The van der Waals surface area contributed by atoms with Gasteiger partial charge in [-0.2, -0.15) is 0 Å². The third-order valence-electron chi connectivity index (χ3n) is 2.68. The van der Waals surface area contributed by atoms with E-state index in [1.807, 2.05) is 6.92 Å². The number of anilines is 1. The summed E-state index contributed by atoms with van der Waals surface area (Å²) in [5, 5.41) is 16.2. The summed E-state index contributed by atoms with van der Waals surface area (Å²) in [6.07, 6.45) is 3.29. The Morgan fingerprint density at radius 2 is 2.00 bits per heavy atom. The van der Waals surface area contributed by atoms with Gasteiger partial charge in [-0.15, -0.1) is 11.3 Å². The van der Waals surface area contributed by atoms with Crippen LogP contribution in [0.4, 0.5) is 9.80 Å². The maximum Gasteiger partial charge on any atom is 0.338 e. The molecule has 0 aromatic carbocycles. The minimum atomic E-state index is -1.07. The maximum atomic E-state index is 11.8. The molecule has 0 fully saturated rings. The van der Waals surface area contributed by atoms with Crippen molar-refractivity contribution in [3.05, 3.63) is 47.1 Å². The van der Waals surface area contributed by atoms with E-state index >= 15 is 0 Å². The van der Waals surface area contributed by atoms with Crippen molar-refractivity contribution in [3.63, 3.8) is 0 Å². The van der Waals surface area contributed by atoms with E-state index in [0.717, 1.165) is 5.56 Å². The van der Waals surface area contributed by atoms with Crippen LogP contribution in [0.15, 0.2) is 36.0 Å². The molecule has 2 aromatic heterocycles. The van der Waals surface area contributed by atoms with Gasteiger partial charge in [0, 0.05) is 12.4 Å². The highest BCUT2D eigenvalue weighted by Crippen LogP contribution is 2.23. The minimum Gasteiger partial charge on any atom is -0.478 e. The lowest BCUT2D eigenvalue weighted by Gasteiger charge is -2.14. The summed E-state index contributed by atoms with van der Waals surface area (Å²) in [5.74, 6) is -1.07. The van der Waals surface area contributed by atoms with Crippen molar-refractivity contribution in [2.75, 3.05) is 5.32 Å². The molecule has 3 N–H and O–H groups in total. The number of carbonyl (C=O) groups is 2. The van der Waals surface area contributed by atoms with Crippen molar-refractivity contribution >= 4 is 28.3 Å². The summed E-state index contributed by atoms with van der Waals surface area (Å²) in [4.78, 5) is 26.7. The number of carboxylic acids is 1. The topological polar surface area (TPSA) is 91.3 Å². The highest BCUT2D eigenvalue weighted by Gasteiger charge is 2.15. The Labute approximate surface area is 119 Å². The van der Waals surface area contributed by atoms with Crippen LogP contribution in [-0.4, -0.2) is 22.1 Å². The van der Waals surface area contributed by atoms with Crippen molar-refractivity contribution in [2.24, 2.45) is 0 Å². The van der Waals surface area contributed by atoms with Crippen LogP contribution < -0.4 is 10.6 Å². The normalized spacial score (nSPS) is 11.7. The van der Waals surface area contributed by atoms with Crippen LogP contribution in [0, 0.1) is 0 Å². The summed E-state index contributed by atoms with van der Waals surface area (Å²) >= 11 is 1.17. The Balaban J connectivity index is 1.99. The first kappa shape index (κ1) is 14.0. The van der Waals surface area contributed by atoms with E-state index in [9.17, 15) is 9.59 Å². The fourth-order valence-corrected chi connectivity index (χ4v) is 2.42. The summed E-state index contributed by atoms with van der Waals surface area (Å²) in [6, 6.07) is 4.41. The van der Waals surface area contributed by atoms with Crippen LogP contribution >= 0.6 is 11.3 Å². The van der Waals surface area contributed by atoms with E-state index in [1.165, 1.54) is 17.4 Å². The first-order valence-corrected chi connectivity index (χ1v) is 6.74. The predicted molar refractivity (Wildman–Crippen MR) is 76.1 cm³/mol. The lowest BCUT2D eigenvalue weighted by molar-refractivity contribution is 0.0698. The number of carbonyl (C=O) groups excluding carboxylic acids is 1. The molecule has 6 nitrogen and oxygen atoms in total. The molecule has 104 valence electrons. The van der Waals surface area contributed by atoms with Crippen molar-refractivity contribution < 1.29 is 14.7 Å². The van der Waals surface area contributed by atoms with Gasteiger partial charge in [-0.05, 0) is 36.1 Å². The predicted octanol–water partition coefficient (Wildman–Crippen LogP) is 2.72. The van der Waals surface area contributed by atoms with Gasteiger partial charge < -0.3 is 10.4 Å². The summed E-state index contributed by atoms with van der Waals surface area (Å²) in [5.41, 5.74) is 1.00. The highest BCUT2D eigenvalue weighted by atomic mass is 32.1. The zero-order valence-electron chi connectivity index (χ0n) is 10.7. The molecule has 0 aliphatic rings. The van der Waals surface area contributed by atoms with Crippen molar-refractivity contribution in [1.29, 1.82) is 0 Å². The third-order valence-corrected chi connectivity index (χ3v) is 3.51. The summed E-state index contributed by atoms with van der Waals surface area (Å²) < 4.78 is 0. The number of thiophene rings is 1. The molecule has 0 spiro atoms. The zero-order valence-corrected chi connectivity index (χ0v) is 11.5. The Kier molecular flexibility index (Phi) is 4.31. The monoisotopic (exact) mass is 291 g/mol. The molecule has 0 aliphatic heterocycles. The largest absolute Gasteiger partial charge is 0.478 e. The van der Waals surface area contributed by atoms with E-state index in [1.54, 1.807) is 29.9 Å². The van der Waals surface area contributed by atoms with Crippen LogP contribution in [0.5, 0.6) is 0 Å². The van der Waals surface area contributed by atoms with Crippen LogP contribution in [-0.2, 0) is 0 Å². The Morgan fingerprint density at radius 3 is 2.65 bits per heavy atom. The number of hydrogen-bond acceptors (Lipinski definition) is 4. The van der Waals surface area contributed by atoms with E-state index < -0.39 is 12.0 Å². The number of carboxylic acid groups (broad SMARTS) is 1. The van der Waals surface area contributed by atoms with Gasteiger partial charge in [0.1, 0.15) is 5.00 Å². The molecule has 1 atom stereocenters. The van der Waals surface area contributed by atoms with E-state index in [0.29, 0.717) is 5.00 Å². The number of urea groups is 1. The Morgan fingerprint density at radius 1 is 1.30 bits per heavy atom. The van der Waals surface area contributed by atoms with E-state index in [2.05, 4.69) is 15.6 Å². The van der Waals surface area contributed by atoms with E-state index in [4.69, 9.17) is 5.11 Å². The molecule has 2 heterocycles. The van der Waals surface area contributed by atoms with Crippen molar-refractivity contribution in [2.45, 2.75) is 13.0 Å². The number of hydrogen-bond donors (Lipinski definition) is 3. The maximum absolute atomic E-state index is 11.8. The molecule has 0 saturated heterocycles. The third kappa shape index (κ3) is 3.33. The van der Waals surface area contributed by atoms with E-state index in [-0.39, 0.29) is 11.6 Å². The summed E-state index contributed by atoms with van der Waals surface area (Å²) in [7, 11) is 0. The lowest BCUT2D eigenvalue weighted by Crippen LogP contribution is -2.31. The number of rotatable bonds is 4. The second-order valence-corrected chi connectivity index (χ2v) is 4.99. The van der Waals surface area contributed by atoms with Gasteiger partial charge in [-0.25, -0.2) is 9.59 Å². The number of amides is 2. The minimum absolute atomic E-state index is 0.0849. The Hall–Kier alpha value is -2.41. The molecule has 20 heavy (non-hydrogen) atoms. The average molecular weight is 291 g/mol. The molecule has 2 amide bonds. The molecule has 7 heteroatoms. The van der Waals surface area contributed by atoms with Crippen LogP contribution in [0.1, 0.15) is 28.9 Å². The second-order valence-electron chi connectivity index (χ2n) is 4.07. The molecule has 0 bridgehead atoms. The number of pyridine rings is 1. The Bertz CT molecular complexity index is 612. The van der Waals surface area contributed by atoms with Gasteiger partial charge in [0.25, 0.3) is 0 Å².